The van der Waals surface area contributed by atoms with E-state index in [9.17, 15) is 14.4 Å². The molecule has 144 valence electrons. The molecule has 0 unspecified atom stereocenters. The highest BCUT2D eigenvalue weighted by atomic mass is 32.2. The first-order chi connectivity index (χ1) is 13.5. The number of benzene rings is 2. The fourth-order valence-corrected chi connectivity index (χ4v) is 3.23. The molecule has 0 aliphatic carbocycles. The van der Waals surface area contributed by atoms with Crippen LogP contribution in [0.15, 0.2) is 68.7 Å². The van der Waals surface area contributed by atoms with Crippen LogP contribution in [0.1, 0.15) is 15.9 Å². The van der Waals surface area contributed by atoms with Crippen molar-refractivity contribution < 1.29 is 18.7 Å². The number of para-hydroxylation sites is 1. The SMILES string of the molecule is Cc1ccc(SCCNC(=O)COC(=O)c2cc3ccccc3oc2=O)cc1. The zero-order chi connectivity index (χ0) is 19.9. The lowest BCUT2D eigenvalue weighted by Crippen LogP contribution is -2.31. The number of thioether (sulfide) groups is 1. The molecule has 0 bridgehead atoms. The van der Waals surface area contributed by atoms with Crippen LogP contribution in [0.25, 0.3) is 11.0 Å². The molecule has 1 N–H and O–H groups in total. The van der Waals surface area contributed by atoms with Crippen LogP contribution in [0.4, 0.5) is 0 Å². The highest BCUT2D eigenvalue weighted by molar-refractivity contribution is 7.99. The van der Waals surface area contributed by atoms with Crippen molar-refractivity contribution in [3.63, 3.8) is 0 Å². The monoisotopic (exact) mass is 397 g/mol. The molecular formula is C21H19NO5S. The molecule has 0 atom stereocenters. The van der Waals surface area contributed by atoms with E-state index in [0.29, 0.717) is 23.3 Å². The molecule has 1 aromatic heterocycles. The number of nitrogens with one attached hydrogen (secondary N) is 1. The van der Waals surface area contributed by atoms with Gasteiger partial charge in [-0.3, -0.25) is 4.79 Å². The smallest absolute Gasteiger partial charge is 0.351 e. The number of hydrogen-bond donors (Lipinski definition) is 1. The van der Waals surface area contributed by atoms with E-state index in [4.69, 9.17) is 9.15 Å². The Balaban J connectivity index is 1.45. The Morgan fingerprint density at radius 2 is 1.86 bits per heavy atom. The van der Waals surface area contributed by atoms with Gasteiger partial charge in [0.15, 0.2) is 6.61 Å². The molecule has 0 aliphatic heterocycles. The molecule has 3 aromatic rings. The van der Waals surface area contributed by atoms with Crippen LogP contribution in [-0.2, 0) is 9.53 Å². The van der Waals surface area contributed by atoms with Crippen LogP contribution in [0.2, 0.25) is 0 Å². The average Bonchev–Trinajstić information content (AvgIpc) is 2.70. The maximum Gasteiger partial charge on any atom is 0.351 e. The summed E-state index contributed by atoms with van der Waals surface area (Å²) in [5.74, 6) is -0.622. The Morgan fingerprint density at radius 3 is 2.64 bits per heavy atom. The molecular weight excluding hydrogens is 378 g/mol. The van der Waals surface area contributed by atoms with Crippen molar-refractivity contribution in [3.8, 4) is 0 Å². The lowest BCUT2D eigenvalue weighted by molar-refractivity contribution is -0.124. The van der Waals surface area contributed by atoms with Crippen molar-refractivity contribution in [1.82, 2.24) is 5.32 Å². The van der Waals surface area contributed by atoms with E-state index < -0.39 is 24.1 Å². The molecule has 0 radical (unpaired) electrons. The minimum absolute atomic E-state index is 0.235. The molecule has 0 spiro atoms. The van der Waals surface area contributed by atoms with Gasteiger partial charge in [0.05, 0.1) is 0 Å². The predicted molar refractivity (Wildman–Crippen MR) is 108 cm³/mol. The van der Waals surface area contributed by atoms with E-state index in [1.54, 1.807) is 36.0 Å². The summed E-state index contributed by atoms with van der Waals surface area (Å²) in [6.45, 7) is 2.01. The van der Waals surface area contributed by atoms with Gasteiger partial charge in [-0.15, -0.1) is 11.8 Å². The van der Waals surface area contributed by atoms with Crippen LogP contribution in [-0.4, -0.2) is 30.8 Å². The maximum atomic E-state index is 12.1. The number of aryl methyl sites for hydroxylation is 1. The number of carbonyl (C=O) groups excluding carboxylic acids is 2. The maximum absolute atomic E-state index is 12.1. The standard InChI is InChI=1S/C21H19NO5S/c1-14-6-8-16(9-7-14)28-11-10-22-19(23)13-26-20(24)17-12-15-4-2-3-5-18(15)27-21(17)25/h2-9,12H,10-11,13H2,1H3,(H,22,23). The molecule has 2 aromatic carbocycles. The number of rotatable bonds is 7. The molecule has 1 heterocycles. The largest absolute Gasteiger partial charge is 0.452 e. The summed E-state index contributed by atoms with van der Waals surface area (Å²) in [5.41, 5.74) is 0.549. The molecule has 0 saturated heterocycles. The highest BCUT2D eigenvalue weighted by Crippen LogP contribution is 2.17. The Hall–Kier alpha value is -3.06. The van der Waals surface area contributed by atoms with Gasteiger partial charge in [-0.2, -0.15) is 0 Å². The first-order valence-corrected chi connectivity index (χ1v) is 9.67. The van der Waals surface area contributed by atoms with Crippen LogP contribution in [0.3, 0.4) is 0 Å². The van der Waals surface area contributed by atoms with Crippen molar-refractivity contribution in [2.24, 2.45) is 0 Å². The molecule has 0 aliphatic rings. The van der Waals surface area contributed by atoms with Crippen molar-refractivity contribution in [1.29, 1.82) is 0 Å². The summed E-state index contributed by atoms with van der Waals surface area (Å²) in [5, 5.41) is 3.28. The minimum atomic E-state index is -0.885. The Kier molecular flexibility index (Phi) is 6.49. The Labute approximate surface area is 165 Å². The molecule has 0 fully saturated rings. The van der Waals surface area contributed by atoms with Gasteiger partial charge in [0, 0.05) is 22.6 Å². The van der Waals surface area contributed by atoms with Gasteiger partial charge in [0.25, 0.3) is 5.91 Å². The molecule has 7 heteroatoms. The van der Waals surface area contributed by atoms with Crippen molar-refractivity contribution in [2.45, 2.75) is 11.8 Å². The highest BCUT2D eigenvalue weighted by Gasteiger charge is 2.16. The number of hydrogen-bond acceptors (Lipinski definition) is 6. The Bertz CT molecular complexity index is 1040. The van der Waals surface area contributed by atoms with Crippen LogP contribution >= 0.6 is 11.8 Å². The molecule has 1 amide bonds. The molecule has 28 heavy (non-hydrogen) atoms. The third-order valence-electron chi connectivity index (χ3n) is 3.91. The summed E-state index contributed by atoms with van der Waals surface area (Å²) in [4.78, 5) is 37.0. The predicted octanol–water partition coefficient (Wildman–Crippen LogP) is 3.17. The summed E-state index contributed by atoms with van der Waals surface area (Å²) in [6.07, 6.45) is 0. The third kappa shape index (κ3) is 5.23. The first-order valence-electron chi connectivity index (χ1n) is 8.69. The van der Waals surface area contributed by atoms with Gasteiger partial charge in [0.2, 0.25) is 0 Å². The van der Waals surface area contributed by atoms with Crippen molar-refractivity contribution in [2.75, 3.05) is 18.9 Å². The van der Waals surface area contributed by atoms with Crippen molar-refractivity contribution in [3.05, 3.63) is 76.1 Å². The topological polar surface area (TPSA) is 85.6 Å². The first kappa shape index (κ1) is 19.7. The van der Waals surface area contributed by atoms with Gasteiger partial charge < -0.3 is 14.5 Å². The van der Waals surface area contributed by atoms with Crippen LogP contribution in [0.5, 0.6) is 0 Å². The minimum Gasteiger partial charge on any atom is -0.452 e. The van der Waals surface area contributed by atoms with E-state index in [2.05, 4.69) is 5.32 Å². The van der Waals surface area contributed by atoms with Gasteiger partial charge in [0.1, 0.15) is 11.1 Å². The number of carbonyl (C=O) groups is 2. The zero-order valence-electron chi connectivity index (χ0n) is 15.3. The number of fused-ring (bicyclic) bond motifs is 1. The van der Waals surface area contributed by atoms with Crippen LogP contribution in [0, 0.1) is 6.92 Å². The fraction of sp³-hybridized carbons (Fsp3) is 0.190. The summed E-state index contributed by atoms with van der Waals surface area (Å²) >= 11 is 1.62. The molecule has 0 saturated carbocycles. The van der Waals surface area contributed by atoms with Crippen LogP contribution < -0.4 is 10.9 Å². The molecule has 6 nitrogen and oxygen atoms in total. The normalized spacial score (nSPS) is 10.6. The molecule has 3 rings (SSSR count). The number of amides is 1. The fourth-order valence-electron chi connectivity index (χ4n) is 2.46. The van der Waals surface area contributed by atoms with E-state index in [0.717, 1.165) is 4.90 Å². The van der Waals surface area contributed by atoms with Gasteiger partial charge in [-0.25, -0.2) is 9.59 Å². The number of ether oxygens (including phenoxy) is 1. The second-order valence-corrected chi connectivity index (χ2v) is 7.24. The van der Waals surface area contributed by atoms with E-state index >= 15 is 0 Å². The van der Waals surface area contributed by atoms with Gasteiger partial charge in [-0.05, 0) is 31.2 Å². The Morgan fingerprint density at radius 1 is 1.11 bits per heavy atom. The summed E-state index contributed by atoms with van der Waals surface area (Å²) in [6, 6.07) is 16.4. The van der Waals surface area contributed by atoms with Crippen molar-refractivity contribution >= 4 is 34.6 Å². The van der Waals surface area contributed by atoms with E-state index in [1.165, 1.54) is 11.6 Å². The van der Waals surface area contributed by atoms with E-state index in [1.807, 2.05) is 31.2 Å². The summed E-state index contributed by atoms with van der Waals surface area (Å²) in [7, 11) is 0. The van der Waals surface area contributed by atoms with Gasteiger partial charge >= 0.3 is 11.6 Å². The quantitative estimate of drug-likeness (QED) is 0.285. The number of esters is 1. The van der Waals surface area contributed by atoms with E-state index in [-0.39, 0.29) is 5.56 Å². The lowest BCUT2D eigenvalue weighted by Gasteiger charge is -2.07. The average molecular weight is 397 g/mol. The second-order valence-electron chi connectivity index (χ2n) is 6.07. The van der Waals surface area contributed by atoms with Gasteiger partial charge in [-0.1, -0.05) is 35.9 Å². The third-order valence-corrected chi connectivity index (χ3v) is 4.92. The second kappa shape index (κ2) is 9.23. The summed E-state index contributed by atoms with van der Waals surface area (Å²) < 4.78 is 10.0. The lowest BCUT2D eigenvalue weighted by atomic mass is 10.2. The zero-order valence-corrected chi connectivity index (χ0v) is 16.1.